The molecule has 24 heavy (non-hydrogen) atoms. The molecule has 0 spiro atoms. The molecule has 4 rings (SSSR count). The molecular weight excluding hydrogens is 298 g/mol. The summed E-state index contributed by atoms with van der Waals surface area (Å²) in [6.45, 7) is 6.71. The summed E-state index contributed by atoms with van der Waals surface area (Å²) < 4.78 is 4.26. The van der Waals surface area contributed by atoms with Crippen LogP contribution < -0.4 is 0 Å². The molecule has 1 aliphatic rings. The van der Waals surface area contributed by atoms with Crippen LogP contribution >= 0.6 is 0 Å². The van der Waals surface area contributed by atoms with E-state index in [-0.39, 0.29) is 11.7 Å². The van der Waals surface area contributed by atoms with E-state index in [0.717, 1.165) is 41.7 Å². The van der Waals surface area contributed by atoms with Crippen molar-refractivity contribution in [1.29, 1.82) is 0 Å². The predicted molar refractivity (Wildman–Crippen MR) is 97.4 cm³/mol. The Morgan fingerprint density at radius 1 is 1.25 bits per heavy atom. The van der Waals surface area contributed by atoms with Gasteiger partial charge in [-0.05, 0) is 25.8 Å². The van der Waals surface area contributed by atoms with Crippen LogP contribution in [0.4, 0.5) is 0 Å². The maximum Gasteiger partial charge on any atom is 0.170 e. The van der Waals surface area contributed by atoms with E-state index in [2.05, 4.69) is 33.3 Å². The molecule has 4 heteroatoms. The number of benzene rings is 1. The van der Waals surface area contributed by atoms with Crippen LogP contribution in [0.1, 0.15) is 42.1 Å². The first kappa shape index (κ1) is 16.5. The van der Waals surface area contributed by atoms with E-state index in [9.17, 15) is 4.79 Å². The van der Waals surface area contributed by atoms with Crippen molar-refractivity contribution in [2.24, 2.45) is 13.0 Å². The third-order valence-corrected chi connectivity index (χ3v) is 4.92. The molecule has 0 bridgehead atoms. The second kappa shape index (κ2) is 6.63. The van der Waals surface area contributed by atoms with Crippen molar-refractivity contribution in [2.75, 3.05) is 0 Å². The van der Waals surface area contributed by atoms with Gasteiger partial charge in [-0.25, -0.2) is 4.98 Å². The Bertz CT molecular complexity index is 872. The number of nitrogens with zero attached hydrogens (tertiary/aromatic N) is 3. The van der Waals surface area contributed by atoms with E-state index < -0.39 is 0 Å². The van der Waals surface area contributed by atoms with Gasteiger partial charge in [0, 0.05) is 54.1 Å². The number of imidazole rings is 1. The lowest BCUT2D eigenvalue weighted by Crippen LogP contribution is -2.27. The third kappa shape index (κ3) is 2.56. The first-order valence-electron chi connectivity index (χ1n) is 8.75. The number of aromatic nitrogens is 3. The number of Topliss-reactive ketones (excluding diaryl/α,β-unsaturated/α-hetero) is 1. The van der Waals surface area contributed by atoms with Crippen LogP contribution in [0.5, 0.6) is 0 Å². The third-order valence-electron chi connectivity index (χ3n) is 4.92. The fourth-order valence-corrected chi connectivity index (χ4v) is 3.67. The number of carbonyl (C=O) groups is 1. The first-order chi connectivity index (χ1) is 11.7. The fourth-order valence-electron chi connectivity index (χ4n) is 3.67. The van der Waals surface area contributed by atoms with Crippen LogP contribution in [-0.2, 0) is 20.0 Å². The topological polar surface area (TPSA) is 39.8 Å². The first-order valence-corrected chi connectivity index (χ1v) is 8.75. The van der Waals surface area contributed by atoms with Gasteiger partial charge < -0.3 is 9.13 Å². The van der Waals surface area contributed by atoms with E-state index >= 15 is 0 Å². The van der Waals surface area contributed by atoms with E-state index in [4.69, 9.17) is 0 Å². The average Bonchev–Trinajstić information content (AvgIpc) is 3.15. The number of hydrogen-bond acceptors (Lipinski definition) is 2. The fraction of sp³-hybridized carbons (Fsp3) is 0.400. The zero-order chi connectivity index (χ0) is 17.3. The molecule has 0 radical (unpaired) electrons. The van der Waals surface area contributed by atoms with Crippen LogP contribution in [0.3, 0.4) is 0 Å². The average molecular weight is 323 g/mol. The van der Waals surface area contributed by atoms with E-state index in [1.807, 2.05) is 39.1 Å². The highest BCUT2D eigenvalue weighted by Gasteiger charge is 2.32. The summed E-state index contributed by atoms with van der Waals surface area (Å²) in [7, 11) is 2.06. The SMILES string of the molecule is CC.Cc1nccn1CC1CCc2c(c3ccccc3n2C)C1=O. The molecule has 0 N–H and O–H groups in total. The second-order valence-corrected chi connectivity index (χ2v) is 6.12. The van der Waals surface area contributed by atoms with E-state index in [1.54, 1.807) is 6.20 Å². The van der Waals surface area contributed by atoms with E-state index in [0.29, 0.717) is 0 Å². The second-order valence-electron chi connectivity index (χ2n) is 6.12. The number of ketones is 1. The predicted octanol–water partition coefficient (Wildman–Crippen LogP) is 4.15. The minimum Gasteiger partial charge on any atom is -0.347 e. The molecular formula is C20H25N3O. The van der Waals surface area contributed by atoms with Crippen molar-refractivity contribution >= 4 is 16.7 Å². The van der Waals surface area contributed by atoms with Gasteiger partial charge >= 0.3 is 0 Å². The van der Waals surface area contributed by atoms with Gasteiger partial charge in [-0.3, -0.25) is 4.79 Å². The number of para-hydroxylation sites is 1. The van der Waals surface area contributed by atoms with Gasteiger partial charge in [0.05, 0.1) is 0 Å². The van der Waals surface area contributed by atoms with Crippen LogP contribution in [0.2, 0.25) is 0 Å². The highest BCUT2D eigenvalue weighted by Crippen LogP contribution is 2.34. The van der Waals surface area contributed by atoms with Gasteiger partial charge in [0.25, 0.3) is 0 Å². The van der Waals surface area contributed by atoms with Crippen LogP contribution in [-0.4, -0.2) is 19.9 Å². The van der Waals surface area contributed by atoms with Crippen LogP contribution in [0.25, 0.3) is 10.9 Å². The van der Waals surface area contributed by atoms with Gasteiger partial charge in [-0.2, -0.15) is 0 Å². The molecule has 3 aromatic rings. The zero-order valence-electron chi connectivity index (χ0n) is 14.9. The molecule has 0 saturated carbocycles. The molecule has 0 fully saturated rings. The Morgan fingerprint density at radius 2 is 2.00 bits per heavy atom. The largest absolute Gasteiger partial charge is 0.347 e. The van der Waals surface area contributed by atoms with Crippen molar-refractivity contribution in [3.63, 3.8) is 0 Å². The molecule has 1 aromatic carbocycles. The minimum absolute atomic E-state index is 0.0474. The van der Waals surface area contributed by atoms with Gasteiger partial charge in [0.15, 0.2) is 5.78 Å². The highest BCUT2D eigenvalue weighted by atomic mass is 16.1. The normalized spacial score (nSPS) is 16.7. The lowest BCUT2D eigenvalue weighted by molar-refractivity contribution is 0.0888. The molecule has 126 valence electrons. The standard InChI is InChI=1S/C18H19N3O.C2H6/c1-12-19-9-10-21(12)11-13-7-8-16-17(18(13)22)14-5-3-4-6-15(14)20(16)2;1-2/h3-6,9-10,13H,7-8,11H2,1-2H3;1-2H3. The lowest BCUT2D eigenvalue weighted by Gasteiger charge is -2.23. The Morgan fingerprint density at radius 3 is 2.71 bits per heavy atom. The zero-order valence-corrected chi connectivity index (χ0v) is 14.9. The lowest BCUT2D eigenvalue weighted by atomic mass is 9.85. The molecule has 2 heterocycles. The number of hydrogen-bond donors (Lipinski definition) is 0. The Kier molecular flexibility index (Phi) is 4.56. The van der Waals surface area contributed by atoms with Crippen LogP contribution in [0.15, 0.2) is 36.7 Å². The van der Waals surface area contributed by atoms with Gasteiger partial charge in [-0.1, -0.05) is 32.0 Å². The molecule has 1 aliphatic carbocycles. The van der Waals surface area contributed by atoms with Crippen molar-refractivity contribution in [3.8, 4) is 0 Å². The maximum absolute atomic E-state index is 13.0. The summed E-state index contributed by atoms with van der Waals surface area (Å²) in [5.74, 6) is 1.30. The Hall–Kier alpha value is -2.36. The monoisotopic (exact) mass is 323 g/mol. The molecule has 0 amide bonds. The van der Waals surface area contributed by atoms with Crippen LogP contribution in [0, 0.1) is 12.8 Å². The van der Waals surface area contributed by atoms with Crippen molar-refractivity contribution in [2.45, 2.75) is 40.2 Å². The van der Waals surface area contributed by atoms with Crippen molar-refractivity contribution in [3.05, 3.63) is 53.7 Å². The summed E-state index contributed by atoms with van der Waals surface area (Å²) in [5, 5.41) is 1.09. The molecule has 4 nitrogen and oxygen atoms in total. The Labute approximate surface area is 143 Å². The number of carbonyl (C=O) groups excluding carboxylic acids is 1. The molecule has 0 saturated heterocycles. The molecule has 1 atom stereocenters. The van der Waals surface area contributed by atoms with E-state index in [1.165, 1.54) is 5.69 Å². The summed E-state index contributed by atoms with van der Waals surface area (Å²) in [6, 6.07) is 8.21. The highest BCUT2D eigenvalue weighted by molar-refractivity contribution is 6.11. The molecule has 2 aromatic heterocycles. The minimum atomic E-state index is 0.0474. The quantitative estimate of drug-likeness (QED) is 0.710. The number of fused-ring (bicyclic) bond motifs is 3. The summed E-state index contributed by atoms with van der Waals surface area (Å²) in [6.07, 6.45) is 5.63. The summed E-state index contributed by atoms with van der Waals surface area (Å²) in [4.78, 5) is 17.3. The summed E-state index contributed by atoms with van der Waals surface area (Å²) in [5.41, 5.74) is 3.28. The molecule has 1 unspecified atom stereocenters. The molecule has 0 aliphatic heterocycles. The number of aryl methyl sites for hydroxylation is 2. The van der Waals surface area contributed by atoms with Gasteiger partial charge in [-0.15, -0.1) is 0 Å². The van der Waals surface area contributed by atoms with Gasteiger partial charge in [0.2, 0.25) is 0 Å². The summed E-state index contributed by atoms with van der Waals surface area (Å²) >= 11 is 0. The van der Waals surface area contributed by atoms with Crippen molar-refractivity contribution < 1.29 is 4.79 Å². The van der Waals surface area contributed by atoms with Crippen molar-refractivity contribution in [1.82, 2.24) is 14.1 Å². The Balaban J connectivity index is 0.000000815. The van der Waals surface area contributed by atoms with Gasteiger partial charge in [0.1, 0.15) is 5.82 Å². The number of rotatable bonds is 2. The smallest absolute Gasteiger partial charge is 0.170 e. The maximum atomic E-state index is 13.0.